The molecule has 8 nitrogen and oxygen atoms in total. The fourth-order valence-corrected chi connectivity index (χ4v) is 3.65. The van der Waals surface area contributed by atoms with Crippen LogP contribution in [0, 0.1) is 0 Å². The van der Waals surface area contributed by atoms with Gasteiger partial charge in [0.05, 0.1) is 16.9 Å². The quantitative estimate of drug-likeness (QED) is 0.732. The summed E-state index contributed by atoms with van der Waals surface area (Å²) in [6.07, 6.45) is 2.49. The summed E-state index contributed by atoms with van der Waals surface area (Å²) in [5.74, 6) is 0.610. The molecule has 4 heterocycles. The van der Waals surface area contributed by atoms with Crippen LogP contribution in [0.4, 0.5) is 5.95 Å². The van der Waals surface area contributed by atoms with Crippen molar-refractivity contribution in [1.82, 2.24) is 30.0 Å². The fourth-order valence-electron chi connectivity index (χ4n) is 2.91. The number of thiazole rings is 1. The Hall–Kier alpha value is -2.26. The van der Waals surface area contributed by atoms with Gasteiger partial charge in [0.1, 0.15) is 5.39 Å². The maximum Gasteiger partial charge on any atom is 0.263 e. The van der Waals surface area contributed by atoms with Gasteiger partial charge >= 0.3 is 0 Å². The van der Waals surface area contributed by atoms with Crippen molar-refractivity contribution >= 4 is 28.3 Å². The van der Waals surface area contributed by atoms with Gasteiger partial charge in [0.2, 0.25) is 5.95 Å². The van der Waals surface area contributed by atoms with E-state index in [0.717, 1.165) is 44.8 Å². The van der Waals surface area contributed by atoms with Gasteiger partial charge in [-0.1, -0.05) is 6.92 Å². The highest BCUT2D eigenvalue weighted by Gasteiger charge is 2.20. The van der Waals surface area contributed by atoms with Crippen molar-refractivity contribution in [3.8, 4) is 0 Å². The van der Waals surface area contributed by atoms with Crippen LogP contribution in [-0.2, 0) is 13.0 Å². The monoisotopic (exact) mass is 345 g/mol. The minimum atomic E-state index is -0.152. The van der Waals surface area contributed by atoms with E-state index in [0.29, 0.717) is 17.0 Å². The number of piperazine rings is 1. The molecule has 9 heteroatoms. The first-order chi connectivity index (χ1) is 11.7. The van der Waals surface area contributed by atoms with Crippen LogP contribution in [0.25, 0.3) is 11.0 Å². The lowest BCUT2D eigenvalue weighted by Crippen LogP contribution is -2.47. The fraction of sp³-hybridized carbons (Fsp3) is 0.467. The molecule has 4 rings (SSSR count). The Balaban J connectivity index is 1.42. The third-order valence-electron chi connectivity index (χ3n) is 4.27. The summed E-state index contributed by atoms with van der Waals surface area (Å²) in [6, 6.07) is 0. The van der Waals surface area contributed by atoms with Crippen LogP contribution in [-0.4, -0.2) is 56.2 Å². The molecule has 0 radical (unpaired) electrons. The van der Waals surface area contributed by atoms with Gasteiger partial charge < -0.3 is 4.90 Å². The van der Waals surface area contributed by atoms with E-state index in [1.165, 1.54) is 11.2 Å². The Morgan fingerprint density at radius 1 is 1.25 bits per heavy atom. The minimum absolute atomic E-state index is 0.152. The third-order valence-corrected chi connectivity index (χ3v) is 5.31. The molecule has 0 aromatic carbocycles. The maximum absolute atomic E-state index is 12.0. The SMILES string of the molecule is CCc1nc(CN2CCN(c3nc4[nH]ncc4c(=O)[nH]3)CC2)cs1. The lowest BCUT2D eigenvalue weighted by atomic mass is 10.3. The second kappa shape index (κ2) is 6.33. The van der Waals surface area contributed by atoms with E-state index in [-0.39, 0.29) is 5.56 Å². The van der Waals surface area contributed by atoms with Crippen molar-refractivity contribution in [2.75, 3.05) is 31.1 Å². The zero-order valence-electron chi connectivity index (χ0n) is 13.4. The summed E-state index contributed by atoms with van der Waals surface area (Å²) >= 11 is 1.73. The summed E-state index contributed by atoms with van der Waals surface area (Å²) in [5.41, 5.74) is 1.53. The van der Waals surface area contributed by atoms with E-state index < -0.39 is 0 Å². The highest BCUT2D eigenvalue weighted by Crippen LogP contribution is 2.16. The Bertz CT molecular complexity index is 890. The van der Waals surface area contributed by atoms with Crippen LogP contribution < -0.4 is 10.5 Å². The molecule has 1 fully saturated rings. The first-order valence-corrected chi connectivity index (χ1v) is 8.95. The normalized spacial score (nSPS) is 16.1. The van der Waals surface area contributed by atoms with Gasteiger partial charge in [-0.3, -0.25) is 19.8 Å². The first-order valence-electron chi connectivity index (χ1n) is 8.07. The maximum atomic E-state index is 12.0. The number of H-pyrrole nitrogens is 2. The Morgan fingerprint density at radius 3 is 2.83 bits per heavy atom. The predicted molar refractivity (Wildman–Crippen MR) is 93.5 cm³/mol. The standard InChI is InChI=1S/C15H19N7OS/c1-2-12-17-10(9-24-12)8-21-3-5-22(6-4-21)15-18-13-11(7-16-20-13)14(23)19-15/h7,9H,2-6,8H2,1H3,(H2,16,18,19,20,23). The molecule has 0 aliphatic carbocycles. The van der Waals surface area contributed by atoms with Gasteiger partial charge in [-0.25, -0.2) is 4.98 Å². The molecule has 126 valence electrons. The van der Waals surface area contributed by atoms with E-state index in [9.17, 15) is 4.79 Å². The third kappa shape index (κ3) is 2.92. The molecule has 0 unspecified atom stereocenters. The van der Waals surface area contributed by atoms with E-state index in [2.05, 4.69) is 47.3 Å². The van der Waals surface area contributed by atoms with Crippen molar-refractivity contribution in [2.24, 2.45) is 0 Å². The summed E-state index contributed by atoms with van der Waals surface area (Å²) in [5, 5.41) is 10.5. The van der Waals surface area contributed by atoms with Gasteiger partial charge in [-0.05, 0) is 6.42 Å². The van der Waals surface area contributed by atoms with E-state index in [4.69, 9.17) is 0 Å². The Morgan fingerprint density at radius 2 is 2.08 bits per heavy atom. The van der Waals surface area contributed by atoms with Gasteiger partial charge in [0, 0.05) is 38.1 Å². The number of fused-ring (bicyclic) bond motifs is 1. The van der Waals surface area contributed by atoms with Crippen molar-refractivity contribution < 1.29 is 0 Å². The topological polar surface area (TPSA) is 93.8 Å². The van der Waals surface area contributed by atoms with Gasteiger partial charge in [-0.2, -0.15) is 10.1 Å². The molecule has 1 aliphatic heterocycles. The van der Waals surface area contributed by atoms with Crippen LogP contribution >= 0.6 is 11.3 Å². The zero-order valence-corrected chi connectivity index (χ0v) is 14.3. The second-order valence-corrected chi connectivity index (χ2v) is 6.81. The predicted octanol–water partition coefficient (Wildman–Crippen LogP) is 0.987. The summed E-state index contributed by atoms with van der Waals surface area (Å²) in [6.45, 7) is 6.51. The lowest BCUT2D eigenvalue weighted by Gasteiger charge is -2.34. The molecular weight excluding hydrogens is 326 g/mol. The molecule has 0 atom stereocenters. The van der Waals surface area contributed by atoms with Crippen molar-refractivity contribution in [2.45, 2.75) is 19.9 Å². The molecule has 3 aromatic heterocycles. The molecular formula is C15H19N7OS. The number of aromatic nitrogens is 5. The molecule has 24 heavy (non-hydrogen) atoms. The average molecular weight is 345 g/mol. The molecule has 0 spiro atoms. The number of aromatic amines is 2. The number of aryl methyl sites for hydroxylation is 1. The number of hydrogen-bond acceptors (Lipinski definition) is 7. The van der Waals surface area contributed by atoms with Gasteiger partial charge in [0.15, 0.2) is 5.65 Å². The highest BCUT2D eigenvalue weighted by atomic mass is 32.1. The summed E-state index contributed by atoms with van der Waals surface area (Å²) in [7, 11) is 0. The number of rotatable bonds is 4. The highest BCUT2D eigenvalue weighted by molar-refractivity contribution is 7.09. The van der Waals surface area contributed by atoms with Crippen molar-refractivity contribution in [3.05, 3.63) is 32.6 Å². The van der Waals surface area contributed by atoms with Crippen LogP contribution in [0.3, 0.4) is 0 Å². The number of hydrogen-bond donors (Lipinski definition) is 2. The van der Waals surface area contributed by atoms with Crippen molar-refractivity contribution in [3.63, 3.8) is 0 Å². The van der Waals surface area contributed by atoms with Gasteiger partial charge in [-0.15, -0.1) is 11.3 Å². The average Bonchev–Trinajstić information content (AvgIpc) is 3.24. The van der Waals surface area contributed by atoms with Crippen LogP contribution in [0.1, 0.15) is 17.6 Å². The number of anilines is 1. The molecule has 0 bridgehead atoms. The molecule has 0 saturated carbocycles. The molecule has 2 N–H and O–H groups in total. The lowest BCUT2D eigenvalue weighted by molar-refractivity contribution is 0.246. The Labute approximate surface area is 142 Å². The number of nitrogens with one attached hydrogen (secondary N) is 2. The molecule has 1 aliphatic rings. The molecule has 1 saturated heterocycles. The Kier molecular flexibility index (Phi) is 4.03. The second-order valence-electron chi connectivity index (χ2n) is 5.87. The van der Waals surface area contributed by atoms with Crippen LogP contribution in [0.2, 0.25) is 0 Å². The minimum Gasteiger partial charge on any atom is -0.340 e. The van der Waals surface area contributed by atoms with Crippen LogP contribution in [0.5, 0.6) is 0 Å². The van der Waals surface area contributed by atoms with E-state index in [1.54, 1.807) is 11.3 Å². The largest absolute Gasteiger partial charge is 0.340 e. The van der Waals surface area contributed by atoms with Gasteiger partial charge in [0.25, 0.3) is 5.56 Å². The van der Waals surface area contributed by atoms with Crippen molar-refractivity contribution in [1.29, 1.82) is 0 Å². The number of nitrogens with zero attached hydrogens (tertiary/aromatic N) is 5. The van der Waals surface area contributed by atoms with E-state index >= 15 is 0 Å². The van der Waals surface area contributed by atoms with E-state index in [1.807, 2.05) is 0 Å². The first kappa shape index (κ1) is 15.3. The molecule has 3 aromatic rings. The molecule has 0 amide bonds. The zero-order chi connectivity index (χ0) is 16.5. The summed E-state index contributed by atoms with van der Waals surface area (Å²) < 4.78 is 0. The smallest absolute Gasteiger partial charge is 0.263 e. The summed E-state index contributed by atoms with van der Waals surface area (Å²) in [4.78, 5) is 28.5. The van der Waals surface area contributed by atoms with Crippen LogP contribution in [0.15, 0.2) is 16.4 Å².